The van der Waals surface area contributed by atoms with Crippen LogP contribution in [0.2, 0.25) is 0 Å². The van der Waals surface area contributed by atoms with E-state index in [0.29, 0.717) is 5.56 Å². The van der Waals surface area contributed by atoms with Crippen LogP contribution in [0.5, 0.6) is 0 Å². The predicted octanol–water partition coefficient (Wildman–Crippen LogP) is 1.21. The van der Waals surface area contributed by atoms with E-state index in [0.717, 1.165) is 11.4 Å². The molecular weight excluding hydrogens is 230 g/mol. The van der Waals surface area contributed by atoms with E-state index in [1.54, 1.807) is 18.3 Å². The third kappa shape index (κ3) is 2.26. The van der Waals surface area contributed by atoms with Crippen molar-refractivity contribution in [3.63, 3.8) is 0 Å². The van der Waals surface area contributed by atoms with Crippen LogP contribution in [-0.2, 0) is 11.8 Å². The van der Waals surface area contributed by atoms with Gasteiger partial charge in [0.05, 0.1) is 5.92 Å². The summed E-state index contributed by atoms with van der Waals surface area (Å²) in [5.41, 5.74) is 7.13. The number of hydrogen-bond donors (Lipinski definition) is 2. The zero-order chi connectivity index (χ0) is 13.1. The highest BCUT2D eigenvalue weighted by Gasteiger charge is 2.17. The van der Waals surface area contributed by atoms with Crippen molar-refractivity contribution < 1.29 is 9.90 Å². The van der Waals surface area contributed by atoms with Gasteiger partial charge in [-0.2, -0.15) is 0 Å². The Bertz CT molecular complexity index is 546. The first-order chi connectivity index (χ1) is 8.63. The zero-order valence-electron chi connectivity index (χ0n) is 10.1. The second-order valence-electron chi connectivity index (χ2n) is 4.11. The molecule has 0 bridgehead atoms. The number of carboxylic acids is 1. The lowest BCUT2D eigenvalue weighted by molar-refractivity contribution is -0.138. The van der Waals surface area contributed by atoms with Gasteiger partial charge in [0.25, 0.3) is 0 Å². The standard InChI is InChI=1S/C13H15N3O2/c1-16-7-6-15-12(16)10-4-2-9(3-5-10)11(8-14)13(17)18/h2-7,11H,8,14H2,1H3,(H,17,18). The van der Waals surface area contributed by atoms with Crippen molar-refractivity contribution in [3.8, 4) is 11.4 Å². The minimum atomic E-state index is -0.901. The van der Waals surface area contributed by atoms with Gasteiger partial charge in [0, 0.05) is 31.5 Å². The van der Waals surface area contributed by atoms with Crippen molar-refractivity contribution in [2.45, 2.75) is 5.92 Å². The fourth-order valence-electron chi connectivity index (χ4n) is 1.89. The van der Waals surface area contributed by atoms with E-state index >= 15 is 0 Å². The Labute approximate surface area is 105 Å². The van der Waals surface area contributed by atoms with E-state index in [9.17, 15) is 4.79 Å². The molecule has 1 heterocycles. The molecule has 1 aromatic carbocycles. The van der Waals surface area contributed by atoms with Crippen molar-refractivity contribution >= 4 is 5.97 Å². The maximum absolute atomic E-state index is 11.0. The number of hydrogen-bond acceptors (Lipinski definition) is 3. The molecule has 0 aliphatic carbocycles. The van der Waals surface area contributed by atoms with E-state index in [1.165, 1.54) is 0 Å². The number of aryl methyl sites for hydroxylation is 1. The van der Waals surface area contributed by atoms with Gasteiger partial charge in [0.15, 0.2) is 0 Å². The first kappa shape index (κ1) is 12.3. The molecule has 2 rings (SSSR count). The van der Waals surface area contributed by atoms with Gasteiger partial charge in [0.1, 0.15) is 5.82 Å². The molecule has 0 fully saturated rings. The number of imidazole rings is 1. The minimum Gasteiger partial charge on any atom is -0.481 e. The number of benzene rings is 1. The molecule has 0 saturated carbocycles. The highest BCUT2D eigenvalue weighted by Crippen LogP contribution is 2.21. The lowest BCUT2D eigenvalue weighted by Crippen LogP contribution is -2.20. The molecule has 2 aromatic rings. The van der Waals surface area contributed by atoms with Crippen LogP contribution in [0.25, 0.3) is 11.4 Å². The number of aliphatic carboxylic acids is 1. The summed E-state index contributed by atoms with van der Waals surface area (Å²) in [4.78, 5) is 15.2. The number of carbonyl (C=O) groups is 1. The Kier molecular flexibility index (Phi) is 3.43. The van der Waals surface area contributed by atoms with Gasteiger partial charge < -0.3 is 15.4 Å². The van der Waals surface area contributed by atoms with Crippen molar-refractivity contribution in [2.75, 3.05) is 6.54 Å². The van der Waals surface area contributed by atoms with Crippen LogP contribution in [0.1, 0.15) is 11.5 Å². The van der Waals surface area contributed by atoms with Crippen LogP contribution in [-0.4, -0.2) is 27.2 Å². The third-order valence-electron chi connectivity index (χ3n) is 2.93. The summed E-state index contributed by atoms with van der Waals surface area (Å²) in [5, 5.41) is 9.03. The van der Waals surface area contributed by atoms with Crippen LogP contribution in [0.4, 0.5) is 0 Å². The third-order valence-corrected chi connectivity index (χ3v) is 2.93. The van der Waals surface area contributed by atoms with Gasteiger partial charge in [-0.25, -0.2) is 4.98 Å². The molecule has 0 spiro atoms. The Morgan fingerprint density at radius 3 is 2.56 bits per heavy atom. The van der Waals surface area contributed by atoms with Crippen LogP contribution in [0.3, 0.4) is 0 Å². The number of rotatable bonds is 4. The number of aromatic nitrogens is 2. The summed E-state index contributed by atoms with van der Waals surface area (Å²) in [6.45, 7) is 0.0943. The minimum absolute atomic E-state index is 0.0943. The van der Waals surface area contributed by atoms with Crippen molar-refractivity contribution in [3.05, 3.63) is 42.2 Å². The molecule has 5 heteroatoms. The van der Waals surface area contributed by atoms with E-state index < -0.39 is 11.9 Å². The average Bonchev–Trinajstić information content (AvgIpc) is 2.77. The molecule has 0 aliphatic heterocycles. The molecular formula is C13H15N3O2. The SMILES string of the molecule is Cn1ccnc1-c1ccc(C(CN)C(=O)O)cc1. The number of carboxylic acid groups (broad SMARTS) is 1. The van der Waals surface area contributed by atoms with Gasteiger partial charge in [-0.05, 0) is 5.56 Å². The van der Waals surface area contributed by atoms with E-state index in [-0.39, 0.29) is 6.54 Å². The highest BCUT2D eigenvalue weighted by molar-refractivity contribution is 5.76. The summed E-state index contributed by atoms with van der Waals surface area (Å²) >= 11 is 0. The lowest BCUT2D eigenvalue weighted by Gasteiger charge is -2.10. The van der Waals surface area contributed by atoms with Crippen LogP contribution in [0, 0.1) is 0 Å². The van der Waals surface area contributed by atoms with E-state index in [1.807, 2.05) is 29.9 Å². The number of nitrogens with two attached hydrogens (primary N) is 1. The van der Waals surface area contributed by atoms with Crippen molar-refractivity contribution in [2.24, 2.45) is 12.8 Å². The summed E-state index contributed by atoms with van der Waals surface area (Å²) in [6.07, 6.45) is 3.59. The molecule has 0 amide bonds. The fraction of sp³-hybridized carbons (Fsp3) is 0.231. The topological polar surface area (TPSA) is 81.1 Å². The summed E-state index contributed by atoms with van der Waals surface area (Å²) < 4.78 is 1.91. The molecule has 1 unspecified atom stereocenters. The van der Waals surface area contributed by atoms with Crippen molar-refractivity contribution in [1.82, 2.24) is 9.55 Å². The Hall–Kier alpha value is -2.14. The van der Waals surface area contributed by atoms with Gasteiger partial charge >= 0.3 is 5.97 Å². The van der Waals surface area contributed by atoms with Gasteiger partial charge in [-0.15, -0.1) is 0 Å². The average molecular weight is 245 g/mol. The molecule has 0 radical (unpaired) electrons. The first-order valence-corrected chi connectivity index (χ1v) is 5.64. The second-order valence-corrected chi connectivity index (χ2v) is 4.11. The normalized spacial score (nSPS) is 12.3. The number of nitrogens with zero attached hydrogens (tertiary/aromatic N) is 2. The predicted molar refractivity (Wildman–Crippen MR) is 68.1 cm³/mol. The quantitative estimate of drug-likeness (QED) is 0.848. The molecule has 94 valence electrons. The fourth-order valence-corrected chi connectivity index (χ4v) is 1.89. The molecule has 5 nitrogen and oxygen atoms in total. The summed E-state index contributed by atoms with van der Waals surface area (Å²) in [6, 6.07) is 7.30. The lowest BCUT2D eigenvalue weighted by atomic mass is 9.98. The smallest absolute Gasteiger partial charge is 0.312 e. The Balaban J connectivity index is 2.31. The van der Waals surface area contributed by atoms with Crippen LogP contribution < -0.4 is 5.73 Å². The van der Waals surface area contributed by atoms with Crippen LogP contribution in [0.15, 0.2) is 36.7 Å². The maximum Gasteiger partial charge on any atom is 0.312 e. The summed E-state index contributed by atoms with van der Waals surface area (Å²) in [5.74, 6) is -0.705. The van der Waals surface area contributed by atoms with E-state index in [4.69, 9.17) is 10.8 Å². The molecule has 1 aromatic heterocycles. The molecule has 0 aliphatic rings. The molecule has 18 heavy (non-hydrogen) atoms. The van der Waals surface area contributed by atoms with Gasteiger partial charge in [-0.1, -0.05) is 24.3 Å². The van der Waals surface area contributed by atoms with E-state index in [2.05, 4.69) is 4.98 Å². The first-order valence-electron chi connectivity index (χ1n) is 5.64. The maximum atomic E-state index is 11.0. The molecule has 0 saturated heterocycles. The highest BCUT2D eigenvalue weighted by atomic mass is 16.4. The summed E-state index contributed by atoms with van der Waals surface area (Å²) in [7, 11) is 1.91. The largest absolute Gasteiger partial charge is 0.481 e. The Morgan fingerprint density at radius 2 is 2.11 bits per heavy atom. The zero-order valence-corrected chi connectivity index (χ0v) is 10.1. The molecule has 1 atom stereocenters. The molecule has 3 N–H and O–H groups in total. The van der Waals surface area contributed by atoms with Crippen molar-refractivity contribution in [1.29, 1.82) is 0 Å². The van der Waals surface area contributed by atoms with Gasteiger partial charge in [-0.3, -0.25) is 4.79 Å². The van der Waals surface area contributed by atoms with Crippen LogP contribution >= 0.6 is 0 Å². The Morgan fingerprint density at radius 1 is 1.44 bits per heavy atom. The second kappa shape index (κ2) is 5.01. The van der Waals surface area contributed by atoms with Gasteiger partial charge in [0.2, 0.25) is 0 Å². The monoisotopic (exact) mass is 245 g/mol.